The Morgan fingerprint density at radius 3 is 2.50 bits per heavy atom. The van der Waals surface area contributed by atoms with Gasteiger partial charge in [0.1, 0.15) is 0 Å². The first-order chi connectivity index (χ1) is 9.30. The van der Waals surface area contributed by atoms with Crippen LogP contribution in [-0.2, 0) is 4.74 Å². The molecule has 3 nitrogen and oxygen atoms in total. The molecule has 1 N–H and O–H groups in total. The number of hydrogen-bond acceptors (Lipinski definition) is 3. The molecule has 1 heterocycles. The molecule has 6 heteroatoms. The van der Waals surface area contributed by atoms with Gasteiger partial charge >= 0.3 is 6.18 Å². The molecule has 0 aromatic carbocycles. The summed E-state index contributed by atoms with van der Waals surface area (Å²) in [5, 5.41) is 3.37. The fraction of sp³-hybridized carbons (Fsp3) is 1.00. The second kappa shape index (κ2) is 6.20. The van der Waals surface area contributed by atoms with E-state index in [1.54, 1.807) is 4.90 Å². The SMILES string of the molecule is CC(C)NCC1(CN(CC(F)(F)F)C2CC2)CCOC1. The van der Waals surface area contributed by atoms with E-state index in [9.17, 15) is 13.2 Å². The maximum Gasteiger partial charge on any atom is 0.401 e. The van der Waals surface area contributed by atoms with Crippen LogP contribution in [0.5, 0.6) is 0 Å². The topological polar surface area (TPSA) is 24.5 Å². The Balaban J connectivity index is 1.97. The van der Waals surface area contributed by atoms with E-state index in [1.807, 2.05) is 0 Å². The van der Waals surface area contributed by atoms with Gasteiger partial charge in [-0.25, -0.2) is 0 Å². The lowest BCUT2D eigenvalue weighted by Crippen LogP contribution is -2.49. The molecule has 1 aliphatic carbocycles. The highest BCUT2D eigenvalue weighted by molar-refractivity contribution is 4.94. The number of rotatable bonds is 7. The minimum absolute atomic E-state index is 0.119. The van der Waals surface area contributed by atoms with E-state index in [1.165, 1.54) is 0 Å². The molecule has 1 atom stereocenters. The quantitative estimate of drug-likeness (QED) is 0.780. The summed E-state index contributed by atoms with van der Waals surface area (Å²) in [5.74, 6) is 0. The first-order valence-corrected chi connectivity index (χ1v) is 7.42. The standard InChI is InChI=1S/C14H25F3N2O/c1-11(2)18-7-13(5-6-20-10-13)8-19(12-3-4-12)9-14(15,16)17/h11-12,18H,3-10H2,1-2H3. The molecule has 1 saturated carbocycles. The monoisotopic (exact) mass is 294 g/mol. The maximum atomic E-state index is 12.7. The van der Waals surface area contributed by atoms with Gasteiger partial charge in [0.15, 0.2) is 0 Å². The predicted octanol–water partition coefficient (Wildman–Crippen LogP) is 2.42. The van der Waals surface area contributed by atoms with Crippen LogP contribution < -0.4 is 5.32 Å². The van der Waals surface area contributed by atoms with Crippen LogP contribution in [0.15, 0.2) is 0 Å². The summed E-state index contributed by atoms with van der Waals surface area (Å²) in [6.45, 7) is 5.75. The van der Waals surface area contributed by atoms with Gasteiger partial charge in [-0.3, -0.25) is 4.90 Å². The van der Waals surface area contributed by atoms with Crippen LogP contribution in [0.25, 0.3) is 0 Å². The fourth-order valence-electron chi connectivity index (χ4n) is 2.81. The van der Waals surface area contributed by atoms with Crippen LogP contribution in [0.3, 0.4) is 0 Å². The van der Waals surface area contributed by atoms with Crippen LogP contribution in [0, 0.1) is 5.41 Å². The molecule has 20 heavy (non-hydrogen) atoms. The molecular weight excluding hydrogens is 269 g/mol. The highest BCUT2D eigenvalue weighted by Gasteiger charge is 2.44. The van der Waals surface area contributed by atoms with Crippen LogP contribution in [0.4, 0.5) is 13.2 Å². The number of hydrogen-bond donors (Lipinski definition) is 1. The van der Waals surface area contributed by atoms with Crippen molar-refractivity contribution in [2.45, 2.75) is 51.4 Å². The van der Waals surface area contributed by atoms with Crippen molar-refractivity contribution >= 4 is 0 Å². The van der Waals surface area contributed by atoms with E-state index in [2.05, 4.69) is 19.2 Å². The first-order valence-electron chi connectivity index (χ1n) is 7.42. The largest absolute Gasteiger partial charge is 0.401 e. The molecule has 0 bridgehead atoms. The first kappa shape index (κ1) is 16.0. The van der Waals surface area contributed by atoms with Gasteiger partial charge < -0.3 is 10.1 Å². The molecule has 2 aliphatic rings. The number of halogens is 3. The Hall–Kier alpha value is -0.330. The molecule has 1 unspecified atom stereocenters. The van der Waals surface area contributed by atoms with Crippen molar-refractivity contribution in [3.8, 4) is 0 Å². The molecular formula is C14H25F3N2O. The van der Waals surface area contributed by atoms with Gasteiger partial charge in [0.25, 0.3) is 0 Å². The number of ether oxygens (including phenoxy) is 1. The van der Waals surface area contributed by atoms with Crippen molar-refractivity contribution in [1.29, 1.82) is 0 Å². The van der Waals surface area contributed by atoms with Gasteiger partial charge in [0.05, 0.1) is 13.2 Å². The highest BCUT2D eigenvalue weighted by Crippen LogP contribution is 2.36. The Morgan fingerprint density at radius 2 is 2.05 bits per heavy atom. The Kier molecular flexibility index (Phi) is 4.97. The number of alkyl halides is 3. The van der Waals surface area contributed by atoms with E-state index >= 15 is 0 Å². The van der Waals surface area contributed by atoms with Crippen LogP contribution >= 0.6 is 0 Å². The zero-order valence-corrected chi connectivity index (χ0v) is 12.3. The van der Waals surface area contributed by atoms with E-state index in [0.717, 1.165) is 25.8 Å². The summed E-state index contributed by atoms with van der Waals surface area (Å²) >= 11 is 0. The summed E-state index contributed by atoms with van der Waals surface area (Å²) in [4.78, 5) is 1.62. The van der Waals surface area contributed by atoms with Gasteiger partial charge in [-0.15, -0.1) is 0 Å². The zero-order chi connectivity index (χ0) is 14.8. The summed E-state index contributed by atoms with van der Waals surface area (Å²) < 4.78 is 43.6. The zero-order valence-electron chi connectivity index (χ0n) is 12.3. The summed E-state index contributed by atoms with van der Waals surface area (Å²) in [5.41, 5.74) is -0.169. The molecule has 0 amide bonds. The molecule has 2 rings (SSSR count). The van der Waals surface area contributed by atoms with Gasteiger partial charge in [-0.1, -0.05) is 13.8 Å². The van der Waals surface area contributed by atoms with Crippen molar-refractivity contribution in [2.75, 3.05) is 32.8 Å². The maximum absolute atomic E-state index is 12.7. The third-order valence-corrected chi connectivity index (χ3v) is 4.05. The van der Waals surface area contributed by atoms with Crippen LogP contribution in [-0.4, -0.2) is 56.0 Å². The Labute approximate surface area is 118 Å². The lowest BCUT2D eigenvalue weighted by molar-refractivity contribution is -0.150. The molecule has 2 fully saturated rings. The highest BCUT2D eigenvalue weighted by atomic mass is 19.4. The summed E-state index contributed by atoms with van der Waals surface area (Å²) in [7, 11) is 0. The number of nitrogens with zero attached hydrogens (tertiary/aromatic N) is 1. The van der Waals surface area contributed by atoms with Gasteiger partial charge in [0.2, 0.25) is 0 Å². The molecule has 118 valence electrons. The van der Waals surface area contributed by atoms with Crippen molar-refractivity contribution in [3.63, 3.8) is 0 Å². The molecule has 1 aliphatic heterocycles. The molecule has 0 aromatic heterocycles. The predicted molar refractivity (Wildman–Crippen MR) is 71.7 cm³/mol. The minimum Gasteiger partial charge on any atom is -0.381 e. The Bertz CT molecular complexity index is 310. The van der Waals surface area contributed by atoms with E-state index in [4.69, 9.17) is 4.74 Å². The van der Waals surface area contributed by atoms with E-state index < -0.39 is 12.7 Å². The lowest BCUT2D eigenvalue weighted by Gasteiger charge is -2.35. The fourth-order valence-corrected chi connectivity index (χ4v) is 2.81. The second-order valence-corrected chi connectivity index (χ2v) is 6.59. The van der Waals surface area contributed by atoms with Crippen molar-refractivity contribution < 1.29 is 17.9 Å². The summed E-state index contributed by atoms with van der Waals surface area (Å²) in [6.07, 6.45) is -1.49. The van der Waals surface area contributed by atoms with Gasteiger partial charge in [0, 0.05) is 37.2 Å². The lowest BCUT2D eigenvalue weighted by atomic mass is 9.86. The molecule has 1 saturated heterocycles. The minimum atomic E-state index is -4.12. The van der Waals surface area contributed by atoms with Crippen LogP contribution in [0.2, 0.25) is 0 Å². The van der Waals surface area contributed by atoms with Crippen LogP contribution in [0.1, 0.15) is 33.1 Å². The Morgan fingerprint density at radius 1 is 1.35 bits per heavy atom. The van der Waals surface area contributed by atoms with Crippen molar-refractivity contribution in [1.82, 2.24) is 10.2 Å². The van der Waals surface area contributed by atoms with E-state index in [0.29, 0.717) is 25.8 Å². The third kappa shape index (κ3) is 4.90. The summed E-state index contributed by atoms with van der Waals surface area (Å²) in [6, 6.07) is 0.456. The third-order valence-electron chi connectivity index (χ3n) is 4.05. The van der Waals surface area contributed by atoms with Gasteiger partial charge in [-0.05, 0) is 19.3 Å². The molecule has 0 radical (unpaired) electrons. The van der Waals surface area contributed by atoms with Crippen molar-refractivity contribution in [3.05, 3.63) is 0 Å². The van der Waals surface area contributed by atoms with Gasteiger partial charge in [-0.2, -0.15) is 13.2 Å². The van der Waals surface area contributed by atoms with E-state index in [-0.39, 0.29) is 11.5 Å². The van der Waals surface area contributed by atoms with Crippen molar-refractivity contribution in [2.24, 2.45) is 5.41 Å². The molecule has 0 spiro atoms. The second-order valence-electron chi connectivity index (χ2n) is 6.59. The normalized spacial score (nSPS) is 27.8. The number of nitrogens with one attached hydrogen (secondary N) is 1. The average molecular weight is 294 g/mol. The molecule has 0 aromatic rings. The smallest absolute Gasteiger partial charge is 0.381 e. The average Bonchev–Trinajstić information content (AvgIpc) is 3.06.